The van der Waals surface area contributed by atoms with E-state index in [-0.39, 0.29) is 0 Å². The largest absolute Gasteiger partial charge is 0.370 e. The number of hydrogen-bond donors (Lipinski definition) is 2. The molecule has 2 heterocycles. The van der Waals surface area contributed by atoms with Crippen molar-refractivity contribution >= 4 is 11.6 Å². The van der Waals surface area contributed by atoms with E-state index in [0.29, 0.717) is 12.5 Å². The minimum atomic E-state index is 0.466. The number of aryl methyl sites for hydroxylation is 3. The maximum atomic E-state index is 6.05. The minimum Gasteiger partial charge on any atom is -0.370 e. The molecule has 1 aromatic carbocycles. The van der Waals surface area contributed by atoms with Gasteiger partial charge >= 0.3 is 0 Å². The second kappa shape index (κ2) is 7.25. The molecule has 2 aromatic rings. The Bertz CT molecular complexity index is 776. The van der Waals surface area contributed by atoms with Gasteiger partial charge in [-0.1, -0.05) is 12.5 Å². The number of aliphatic imine (C=N–C) groups is 1. The van der Waals surface area contributed by atoms with Crippen LogP contribution in [0.3, 0.4) is 0 Å². The van der Waals surface area contributed by atoms with Crippen LogP contribution in [0.1, 0.15) is 48.5 Å². The molecule has 0 radical (unpaired) electrons. The van der Waals surface area contributed by atoms with E-state index in [9.17, 15) is 0 Å². The molecule has 0 bridgehead atoms. The van der Waals surface area contributed by atoms with Crippen molar-refractivity contribution in [3.8, 4) is 0 Å². The van der Waals surface area contributed by atoms with E-state index in [1.807, 2.05) is 0 Å². The van der Waals surface area contributed by atoms with Crippen LogP contribution < -0.4 is 11.1 Å². The van der Waals surface area contributed by atoms with Gasteiger partial charge in [-0.05, 0) is 55.4 Å². The maximum Gasteiger partial charge on any atom is 0.193 e. The molecular formula is C19H26N6. The van der Waals surface area contributed by atoms with Crippen LogP contribution in [0.25, 0.3) is 0 Å². The van der Waals surface area contributed by atoms with Gasteiger partial charge in [-0.3, -0.25) is 4.99 Å². The molecule has 0 spiro atoms. The Morgan fingerprint density at radius 1 is 1.08 bits per heavy atom. The molecule has 1 aromatic heterocycles. The fourth-order valence-corrected chi connectivity index (χ4v) is 3.84. The van der Waals surface area contributed by atoms with E-state index in [0.717, 1.165) is 36.7 Å². The first-order valence-electron chi connectivity index (χ1n) is 9.39. The molecule has 6 nitrogen and oxygen atoms in total. The average Bonchev–Trinajstić information content (AvgIpc) is 3.15. The van der Waals surface area contributed by atoms with Crippen molar-refractivity contribution in [3.05, 3.63) is 41.0 Å². The summed E-state index contributed by atoms with van der Waals surface area (Å²) in [6, 6.07) is 6.48. The predicted molar refractivity (Wildman–Crippen MR) is 99.9 cm³/mol. The Hall–Kier alpha value is -2.37. The van der Waals surface area contributed by atoms with E-state index in [1.165, 1.54) is 49.7 Å². The van der Waals surface area contributed by atoms with Gasteiger partial charge in [0, 0.05) is 31.6 Å². The number of fused-ring (bicyclic) bond motifs is 2. The number of benzene rings is 1. The van der Waals surface area contributed by atoms with Crippen molar-refractivity contribution in [3.63, 3.8) is 0 Å². The van der Waals surface area contributed by atoms with Crippen LogP contribution in [-0.4, -0.2) is 27.3 Å². The highest BCUT2D eigenvalue weighted by atomic mass is 15.3. The first-order valence-corrected chi connectivity index (χ1v) is 9.39. The van der Waals surface area contributed by atoms with E-state index >= 15 is 0 Å². The molecule has 0 fully saturated rings. The molecule has 132 valence electrons. The van der Waals surface area contributed by atoms with Crippen LogP contribution in [-0.2, 0) is 32.2 Å². The lowest BCUT2D eigenvalue weighted by Crippen LogP contribution is -2.23. The molecule has 1 aliphatic carbocycles. The molecule has 0 unspecified atom stereocenters. The van der Waals surface area contributed by atoms with Crippen molar-refractivity contribution in [1.82, 2.24) is 14.8 Å². The Morgan fingerprint density at radius 2 is 2.00 bits per heavy atom. The number of rotatable bonds is 4. The number of nitrogens with one attached hydrogen (secondary N) is 1. The molecule has 4 rings (SSSR count). The van der Waals surface area contributed by atoms with E-state index in [1.54, 1.807) is 0 Å². The minimum absolute atomic E-state index is 0.466. The second-order valence-corrected chi connectivity index (χ2v) is 6.97. The zero-order valence-electron chi connectivity index (χ0n) is 14.7. The molecule has 6 heteroatoms. The highest BCUT2D eigenvalue weighted by Crippen LogP contribution is 2.24. The van der Waals surface area contributed by atoms with E-state index in [4.69, 9.17) is 5.73 Å². The number of guanidine groups is 1. The van der Waals surface area contributed by atoms with Gasteiger partial charge < -0.3 is 15.6 Å². The molecule has 1 aliphatic heterocycles. The monoisotopic (exact) mass is 338 g/mol. The summed E-state index contributed by atoms with van der Waals surface area (Å²) in [4.78, 5) is 4.46. The fourth-order valence-electron chi connectivity index (χ4n) is 3.84. The maximum absolute atomic E-state index is 6.05. The topological polar surface area (TPSA) is 81.1 Å². The van der Waals surface area contributed by atoms with Crippen molar-refractivity contribution in [2.45, 2.75) is 57.9 Å². The third-order valence-corrected chi connectivity index (χ3v) is 5.17. The average molecular weight is 338 g/mol. The summed E-state index contributed by atoms with van der Waals surface area (Å²) >= 11 is 0. The Morgan fingerprint density at radius 3 is 2.96 bits per heavy atom. The summed E-state index contributed by atoms with van der Waals surface area (Å²) in [5.41, 5.74) is 9.98. The molecule has 3 N–H and O–H groups in total. The third kappa shape index (κ3) is 3.67. The summed E-state index contributed by atoms with van der Waals surface area (Å²) in [5.74, 6) is 2.63. The summed E-state index contributed by atoms with van der Waals surface area (Å²) in [6.45, 7) is 1.66. The number of nitrogens with zero attached hydrogens (tertiary/aromatic N) is 4. The Kier molecular flexibility index (Phi) is 4.68. The lowest BCUT2D eigenvalue weighted by molar-refractivity contribution is 0.605. The highest BCUT2D eigenvalue weighted by molar-refractivity contribution is 5.92. The molecule has 0 atom stereocenters. The summed E-state index contributed by atoms with van der Waals surface area (Å²) in [7, 11) is 0. The van der Waals surface area contributed by atoms with Gasteiger partial charge in [0.25, 0.3) is 0 Å². The summed E-state index contributed by atoms with van der Waals surface area (Å²) < 4.78 is 2.27. The number of hydrogen-bond acceptors (Lipinski definition) is 3. The first kappa shape index (κ1) is 16.1. The van der Waals surface area contributed by atoms with Crippen LogP contribution in [0.2, 0.25) is 0 Å². The van der Waals surface area contributed by atoms with Gasteiger partial charge in [0.1, 0.15) is 11.6 Å². The second-order valence-electron chi connectivity index (χ2n) is 6.97. The van der Waals surface area contributed by atoms with Gasteiger partial charge in [-0.2, -0.15) is 0 Å². The van der Waals surface area contributed by atoms with Crippen molar-refractivity contribution < 1.29 is 0 Å². The molecule has 0 saturated heterocycles. The third-order valence-electron chi connectivity index (χ3n) is 5.17. The van der Waals surface area contributed by atoms with Gasteiger partial charge in [0.05, 0.1) is 0 Å². The molecule has 2 aliphatic rings. The number of aromatic nitrogens is 3. The van der Waals surface area contributed by atoms with Crippen molar-refractivity contribution in [2.75, 3.05) is 11.9 Å². The van der Waals surface area contributed by atoms with E-state index < -0.39 is 0 Å². The van der Waals surface area contributed by atoms with Gasteiger partial charge in [0.15, 0.2) is 5.96 Å². The van der Waals surface area contributed by atoms with Crippen LogP contribution in [0.15, 0.2) is 23.2 Å². The lowest BCUT2D eigenvalue weighted by atomic mass is 10.1. The highest BCUT2D eigenvalue weighted by Gasteiger charge is 2.14. The first-order chi connectivity index (χ1) is 12.3. The molecule has 25 heavy (non-hydrogen) atoms. The molecular weight excluding hydrogens is 312 g/mol. The lowest BCUT2D eigenvalue weighted by Gasteiger charge is -2.08. The Labute approximate surface area is 148 Å². The summed E-state index contributed by atoms with van der Waals surface area (Å²) in [5, 5.41) is 11.9. The number of nitrogens with two attached hydrogens (primary N) is 1. The molecule has 0 saturated carbocycles. The van der Waals surface area contributed by atoms with Gasteiger partial charge in [0.2, 0.25) is 0 Å². The quantitative estimate of drug-likeness (QED) is 0.663. The van der Waals surface area contributed by atoms with E-state index in [2.05, 4.69) is 43.3 Å². The smallest absolute Gasteiger partial charge is 0.193 e. The van der Waals surface area contributed by atoms with Crippen LogP contribution in [0.5, 0.6) is 0 Å². The van der Waals surface area contributed by atoms with Crippen molar-refractivity contribution in [2.24, 2.45) is 10.7 Å². The molecule has 0 amide bonds. The van der Waals surface area contributed by atoms with Crippen LogP contribution in [0.4, 0.5) is 5.69 Å². The van der Waals surface area contributed by atoms with Gasteiger partial charge in [-0.25, -0.2) is 0 Å². The fraction of sp³-hybridized carbons (Fsp3) is 0.526. The predicted octanol–water partition coefficient (Wildman–Crippen LogP) is 2.46. The van der Waals surface area contributed by atoms with Gasteiger partial charge in [-0.15, -0.1) is 10.2 Å². The van der Waals surface area contributed by atoms with Crippen LogP contribution >= 0.6 is 0 Å². The number of anilines is 1. The Balaban J connectivity index is 1.35. The normalized spacial score (nSPS) is 17.0. The zero-order valence-corrected chi connectivity index (χ0v) is 14.7. The van der Waals surface area contributed by atoms with Crippen molar-refractivity contribution in [1.29, 1.82) is 0 Å². The zero-order chi connectivity index (χ0) is 17.1. The van der Waals surface area contributed by atoms with Crippen LogP contribution in [0, 0.1) is 0 Å². The summed E-state index contributed by atoms with van der Waals surface area (Å²) in [6.07, 6.45) is 9.14. The standard InChI is InChI=1S/C19H26N6/c20-19(22-16-9-8-14-5-4-6-15(14)13-16)21-11-10-18-24-23-17-7-2-1-3-12-25(17)18/h8-9,13H,1-7,10-12H2,(H3,20,21,22). The SMILES string of the molecule is NC(=NCCc1nnc2n1CCCCC2)Nc1ccc2c(c1)CCC2.